The van der Waals surface area contributed by atoms with E-state index >= 15 is 0 Å². The topological polar surface area (TPSA) is 15.3 Å². The molecule has 1 N–H and O–H groups in total. The van der Waals surface area contributed by atoms with Crippen LogP contribution in [0.3, 0.4) is 0 Å². The average molecular weight is 300 g/mol. The highest BCUT2D eigenvalue weighted by atomic mass is 32.1. The predicted octanol–water partition coefficient (Wildman–Crippen LogP) is 3.92. The standard InChI is InChI=1S/C18H24N2S/c1-14(2)17-12-20(11-15-8-9-21-13-15)18(10-19-17)16-6-4-3-5-7-16/h3-9,13-14,17-19H,10-12H2,1-2H3. The molecule has 1 aromatic carbocycles. The molecule has 1 fully saturated rings. The molecule has 2 heterocycles. The Bertz CT molecular complexity index is 536. The lowest BCUT2D eigenvalue weighted by Gasteiger charge is -2.42. The number of hydrogen-bond donors (Lipinski definition) is 1. The molecule has 1 aliphatic heterocycles. The Morgan fingerprint density at radius 2 is 2.05 bits per heavy atom. The van der Waals surface area contributed by atoms with Crippen LogP contribution in [0.1, 0.15) is 31.0 Å². The molecule has 21 heavy (non-hydrogen) atoms. The van der Waals surface area contributed by atoms with Crippen LogP contribution in [-0.4, -0.2) is 24.0 Å². The molecular weight excluding hydrogens is 276 g/mol. The second kappa shape index (κ2) is 6.73. The van der Waals surface area contributed by atoms with Gasteiger partial charge in [-0.15, -0.1) is 0 Å². The summed E-state index contributed by atoms with van der Waals surface area (Å²) in [5.41, 5.74) is 2.85. The first-order chi connectivity index (χ1) is 10.2. The number of thiophene rings is 1. The van der Waals surface area contributed by atoms with Gasteiger partial charge in [0.05, 0.1) is 0 Å². The molecule has 0 radical (unpaired) electrons. The van der Waals surface area contributed by atoms with Crippen molar-refractivity contribution in [3.63, 3.8) is 0 Å². The van der Waals surface area contributed by atoms with Crippen molar-refractivity contribution in [2.24, 2.45) is 5.92 Å². The summed E-state index contributed by atoms with van der Waals surface area (Å²) in [6.07, 6.45) is 0. The van der Waals surface area contributed by atoms with Gasteiger partial charge in [-0.3, -0.25) is 4.90 Å². The van der Waals surface area contributed by atoms with E-state index in [2.05, 4.69) is 71.2 Å². The van der Waals surface area contributed by atoms with Crippen LogP contribution in [0.2, 0.25) is 0 Å². The predicted molar refractivity (Wildman–Crippen MR) is 90.5 cm³/mol. The highest BCUT2D eigenvalue weighted by Gasteiger charge is 2.30. The van der Waals surface area contributed by atoms with Crippen LogP contribution in [0.25, 0.3) is 0 Å². The molecule has 2 atom stereocenters. The summed E-state index contributed by atoms with van der Waals surface area (Å²) in [6.45, 7) is 7.82. The summed E-state index contributed by atoms with van der Waals surface area (Å²) in [5.74, 6) is 0.673. The fourth-order valence-electron chi connectivity index (χ4n) is 3.08. The Labute approximate surface area is 131 Å². The minimum absolute atomic E-state index is 0.473. The Balaban J connectivity index is 1.80. The Kier molecular flexibility index (Phi) is 4.73. The summed E-state index contributed by atoms with van der Waals surface area (Å²) < 4.78 is 0. The second-order valence-corrected chi connectivity index (χ2v) is 7.03. The smallest absolute Gasteiger partial charge is 0.0476 e. The molecule has 2 unspecified atom stereocenters. The molecule has 112 valence electrons. The van der Waals surface area contributed by atoms with Crippen LogP contribution in [0.4, 0.5) is 0 Å². The molecule has 2 nitrogen and oxygen atoms in total. The summed E-state index contributed by atoms with van der Waals surface area (Å²) >= 11 is 1.79. The summed E-state index contributed by atoms with van der Waals surface area (Å²) in [5, 5.41) is 8.19. The van der Waals surface area contributed by atoms with Crippen LogP contribution in [0, 0.1) is 5.92 Å². The first-order valence-corrected chi connectivity index (χ1v) is 8.72. The van der Waals surface area contributed by atoms with Crippen molar-refractivity contribution in [1.82, 2.24) is 10.2 Å². The zero-order chi connectivity index (χ0) is 14.7. The molecule has 2 aromatic rings. The van der Waals surface area contributed by atoms with Crippen molar-refractivity contribution in [3.8, 4) is 0 Å². The van der Waals surface area contributed by atoms with Crippen molar-refractivity contribution in [2.75, 3.05) is 13.1 Å². The van der Waals surface area contributed by atoms with Crippen molar-refractivity contribution in [2.45, 2.75) is 32.5 Å². The minimum Gasteiger partial charge on any atom is -0.311 e. The number of nitrogens with zero attached hydrogens (tertiary/aromatic N) is 1. The first kappa shape index (κ1) is 14.8. The molecule has 3 heteroatoms. The number of nitrogens with one attached hydrogen (secondary N) is 1. The van der Waals surface area contributed by atoms with Crippen molar-refractivity contribution in [3.05, 3.63) is 58.3 Å². The van der Waals surface area contributed by atoms with E-state index < -0.39 is 0 Å². The zero-order valence-electron chi connectivity index (χ0n) is 12.8. The Morgan fingerprint density at radius 1 is 1.24 bits per heavy atom. The van der Waals surface area contributed by atoms with Crippen molar-refractivity contribution in [1.29, 1.82) is 0 Å². The van der Waals surface area contributed by atoms with E-state index in [-0.39, 0.29) is 0 Å². The lowest BCUT2D eigenvalue weighted by molar-refractivity contribution is 0.106. The lowest BCUT2D eigenvalue weighted by Crippen LogP contribution is -2.53. The van der Waals surface area contributed by atoms with E-state index in [1.807, 2.05) is 0 Å². The van der Waals surface area contributed by atoms with E-state index in [1.165, 1.54) is 11.1 Å². The second-order valence-electron chi connectivity index (χ2n) is 6.25. The zero-order valence-corrected chi connectivity index (χ0v) is 13.6. The maximum Gasteiger partial charge on any atom is 0.0476 e. The van der Waals surface area contributed by atoms with E-state index in [9.17, 15) is 0 Å². The molecule has 1 aliphatic rings. The summed E-state index contributed by atoms with van der Waals surface area (Å²) in [4.78, 5) is 2.64. The maximum atomic E-state index is 3.74. The Morgan fingerprint density at radius 3 is 2.71 bits per heavy atom. The Hall–Kier alpha value is -1.16. The van der Waals surface area contributed by atoms with Crippen LogP contribution in [-0.2, 0) is 6.54 Å². The maximum absolute atomic E-state index is 3.74. The normalized spacial score (nSPS) is 23.6. The molecule has 0 spiro atoms. The number of piperazine rings is 1. The molecule has 1 aromatic heterocycles. The minimum atomic E-state index is 0.473. The molecule has 0 amide bonds. The highest BCUT2D eigenvalue weighted by molar-refractivity contribution is 7.07. The number of hydrogen-bond acceptors (Lipinski definition) is 3. The fourth-order valence-corrected chi connectivity index (χ4v) is 3.74. The first-order valence-electron chi connectivity index (χ1n) is 7.77. The molecular formula is C18H24N2S. The SMILES string of the molecule is CC(C)C1CN(Cc2ccsc2)C(c2ccccc2)CN1. The van der Waals surface area contributed by atoms with Crippen LogP contribution >= 0.6 is 11.3 Å². The van der Waals surface area contributed by atoms with E-state index in [0.717, 1.165) is 19.6 Å². The van der Waals surface area contributed by atoms with Gasteiger partial charge in [0.1, 0.15) is 0 Å². The van der Waals surface area contributed by atoms with Gasteiger partial charge in [0.2, 0.25) is 0 Å². The van der Waals surface area contributed by atoms with Gasteiger partial charge in [-0.2, -0.15) is 11.3 Å². The van der Waals surface area contributed by atoms with Gasteiger partial charge in [0, 0.05) is 31.7 Å². The largest absolute Gasteiger partial charge is 0.311 e. The lowest BCUT2D eigenvalue weighted by atomic mass is 9.95. The van der Waals surface area contributed by atoms with Gasteiger partial charge in [-0.25, -0.2) is 0 Å². The van der Waals surface area contributed by atoms with Gasteiger partial charge in [0.15, 0.2) is 0 Å². The molecule has 0 saturated carbocycles. The average Bonchev–Trinajstić information content (AvgIpc) is 3.01. The third-order valence-corrected chi connectivity index (χ3v) is 5.13. The molecule has 0 bridgehead atoms. The van der Waals surface area contributed by atoms with Crippen molar-refractivity contribution >= 4 is 11.3 Å². The third-order valence-electron chi connectivity index (χ3n) is 4.40. The van der Waals surface area contributed by atoms with Gasteiger partial charge < -0.3 is 5.32 Å². The monoisotopic (exact) mass is 300 g/mol. The summed E-state index contributed by atoms with van der Waals surface area (Å²) in [6, 6.07) is 14.2. The van der Waals surface area contributed by atoms with E-state index in [1.54, 1.807) is 11.3 Å². The quantitative estimate of drug-likeness (QED) is 0.920. The van der Waals surface area contributed by atoms with Crippen LogP contribution < -0.4 is 5.32 Å². The third kappa shape index (κ3) is 3.54. The van der Waals surface area contributed by atoms with Gasteiger partial charge in [0.25, 0.3) is 0 Å². The number of benzene rings is 1. The highest BCUT2D eigenvalue weighted by Crippen LogP contribution is 2.27. The van der Waals surface area contributed by atoms with Gasteiger partial charge in [-0.1, -0.05) is 44.2 Å². The van der Waals surface area contributed by atoms with Gasteiger partial charge in [-0.05, 0) is 33.9 Å². The molecule has 0 aliphatic carbocycles. The molecule has 1 saturated heterocycles. The fraction of sp³-hybridized carbons (Fsp3) is 0.444. The molecule has 3 rings (SSSR count). The van der Waals surface area contributed by atoms with Crippen molar-refractivity contribution < 1.29 is 0 Å². The van der Waals surface area contributed by atoms with Crippen LogP contribution in [0.15, 0.2) is 47.2 Å². The van der Waals surface area contributed by atoms with E-state index in [4.69, 9.17) is 0 Å². The van der Waals surface area contributed by atoms with Gasteiger partial charge >= 0.3 is 0 Å². The van der Waals surface area contributed by atoms with E-state index in [0.29, 0.717) is 18.0 Å². The number of rotatable bonds is 4. The van der Waals surface area contributed by atoms with Crippen LogP contribution in [0.5, 0.6) is 0 Å². The summed E-state index contributed by atoms with van der Waals surface area (Å²) in [7, 11) is 0.